The Labute approximate surface area is 213 Å². The van der Waals surface area contributed by atoms with Crippen LogP contribution >= 0.6 is 15.9 Å². The molecule has 1 atom stereocenters. The first kappa shape index (κ1) is 27.9. The van der Waals surface area contributed by atoms with Crippen LogP contribution in [0.4, 0.5) is 0 Å². The summed E-state index contributed by atoms with van der Waals surface area (Å²) in [6.45, 7) is 15.3. The van der Waals surface area contributed by atoms with Crippen LogP contribution in [0.25, 0.3) is 0 Å². The van der Waals surface area contributed by atoms with Crippen molar-refractivity contribution in [2.45, 2.75) is 72.9 Å². The quantitative estimate of drug-likeness (QED) is 0.408. The van der Waals surface area contributed by atoms with Crippen LogP contribution in [0, 0.1) is 12.8 Å². The van der Waals surface area contributed by atoms with Crippen molar-refractivity contribution in [3.63, 3.8) is 0 Å². The average Bonchev–Trinajstić information content (AvgIpc) is 2.77. The van der Waals surface area contributed by atoms with Gasteiger partial charge in [-0.25, -0.2) is 0 Å². The zero-order valence-electron chi connectivity index (χ0n) is 21.6. The van der Waals surface area contributed by atoms with Crippen LogP contribution in [-0.2, 0) is 21.5 Å². The Morgan fingerprint density at radius 3 is 2.35 bits per heavy atom. The number of nitrogens with zero attached hydrogens (tertiary/aromatic N) is 1. The first-order valence-electron chi connectivity index (χ1n) is 12.0. The maximum atomic E-state index is 13.4. The van der Waals surface area contributed by atoms with Crippen molar-refractivity contribution in [1.82, 2.24) is 10.2 Å². The van der Waals surface area contributed by atoms with Crippen molar-refractivity contribution in [2.24, 2.45) is 5.92 Å². The van der Waals surface area contributed by atoms with Gasteiger partial charge in [0.2, 0.25) is 5.91 Å². The van der Waals surface area contributed by atoms with E-state index in [1.807, 2.05) is 70.2 Å². The van der Waals surface area contributed by atoms with Crippen LogP contribution in [0.2, 0.25) is 0 Å². The predicted octanol–water partition coefficient (Wildman–Crippen LogP) is 6.01. The van der Waals surface area contributed by atoms with Gasteiger partial charge in [0.25, 0.3) is 5.91 Å². The molecule has 186 valence electrons. The summed E-state index contributed by atoms with van der Waals surface area (Å²) in [7, 11) is 0. The van der Waals surface area contributed by atoms with E-state index in [-0.39, 0.29) is 23.8 Å². The van der Waals surface area contributed by atoms with Crippen LogP contribution < -0.4 is 10.1 Å². The van der Waals surface area contributed by atoms with Crippen LogP contribution in [-0.4, -0.2) is 35.9 Å². The summed E-state index contributed by atoms with van der Waals surface area (Å²) in [6.07, 6.45) is 0.519. The van der Waals surface area contributed by atoms with Gasteiger partial charge in [0, 0.05) is 13.1 Å². The molecule has 1 unspecified atom stereocenters. The van der Waals surface area contributed by atoms with Gasteiger partial charge in [-0.1, -0.05) is 71.9 Å². The summed E-state index contributed by atoms with van der Waals surface area (Å²) in [5, 5.41) is 2.99. The number of rotatable bonds is 10. The smallest absolute Gasteiger partial charge is 0.261 e. The molecule has 0 aliphatic heterocycles. The normalized spacial score (nSPS) is 12.4. The van der Waals surface area contributed by atoms with E-state index in [0.717, 1.165) is 15.6 Å². The van der Waals surface area contributed by atoms with Gasteiger partial charge < -0.3 is 15.0 Å². The van der Waals surface area contributed by atoms with Crippen molar-refractivity contribution < 1.29 is 14.3 Å². The molecule has 0 heterocycles. The van der Waals surface area contributed by atoms with E-state index in [0.29, 0.717) is 31.2 Å². The Balaban J connectivity index is 2.24. The first-order chi connectivity index (χ1) is 15.9. The minimum atomic E-state index is -0.568. The maximum absolute atomic E-state index is 13.4. The Bertz CT molecular complexity index is 982. The fourth-order valence-corrected chi connectivity index (χ4v) is 4.11. The molecule has 6 heteroatoms. The van der Waals surface area contributed by atoms with Gasteiger partial charge in [-0.3, -0.25) is 9.59 Å². The number of nitrogens with one attached hydrogen (secondary N) is 1. The van der Waals surface area contributed by atoms with Crippen LogP contribution in [0.5, 0.6) is 5.75 Å². The highest BCUT2D eigenvalue weighted by Crippen LogP contribution is 2.31. The number of aryl methyl sites for hydroxylation is 1. The summed E-state index contributed by atoms with van der Waals surface area (Å²) in [6, 6.07) is 13.3. The Morgan fingerprint density at radius 2 is 1.79 bits per heavy atom. The number of carbonyl (C=O) groups excluding carboxylic acids is 2. The lowest BCUT2D eigenvalue weighted by Crippen LogP contribution is -2.50. The van der Waals surface area contributed by atoms with E-state index in [1.165, 1.54) is 5.56 Å². The highest BCUT2D eigenvalue weighted by atomic mass is 79.9. The molecule has 0 aliphatic rings. The summed E-state index contributed by atoms with van der Waals surface area (Å²) in [5.74, 6) is 0.587. The summed E-state index contributed by atoms with van der Waals surface area (Å²) in [4.78, 5) is 28.1. The molecule has 2 aromatic carbocycles. The van der Waals surface area contributed by atoms with Gasteiger partial charge in [0.1, 0.15) is 11.8 Å². The second-order valence-corrected chi connectivity index (χ2v) is 11.0. The zero-order valence-corrected chi connectivity index (χ0v) is 23.2. The number of hydrogen-bond donors (Lipinski definition) is 1. The molecular formula is C28H39BrN2O3. The number of amides is 2. The molecule has 2 aromatic rings. The number of carbonyl (C=O) groups is 2. The molecule has 2 amide bonds. The van der Waals surface area contributed by atoms with E-state index in [4.69, 9.17) is 4.74 Å². The standard InChI is InChI=1S/C28H39BrN2O3/c1-8-24(27(33)30-16-19(2)3)31(17-21-12-10-9-11-20(21)4)26(32)18-34-25-14-13-22(15-23(25)29)28(5,6)7/h9-15,19,24H,8,16-18H2,1-7H3,(H,30,33). The fourth-order valence-electron chi connectivity index (χ4n) is 3.62. The Morgan fingerprint density at radius 1 is 1.12 bits per heavy atom. The van der Waals surface area contributed by atoms with Gasteiger partial charge in [-0.15, -0.1) is 0 Å². The summed E-state index contributed by atoms with van der Waals surface area (Å²) >= 11 is 3.58. The third-order valence-corrected chi connectivity index (χ3v) is 6.44. The molecule has 0 spiro atoms. The van der Waals surface area contributed by atoms with Crippen LogP contribution in [0.3, 0.4) is 0 Å². The SMILES string of the molecule is CCC(C(=O)NCC(C)C)N(Cc1ccccc1C)C(=O)COc1ccc(C(C)(C)C)cc1Br. The monoisotopic (exact) mass is 530 g/mol. The lowest BCUT2D eigenvalue weighted by atomic mass is 9.87. The first-order valence-corrected chi connectivity index (χ1v) is 12.8. The van der Waals surface area contributed by atoms with Gasteiger partial charge >= 0.3 is 0 Å². The molecule has 0 aliphatic carbocycles. The van der Waals surface area contributed by atoms with Gasteiger partial charge in [-0.2, -0.15) is 0 Å². The number of ether oxygens (including phenoxy) is 1. The highest BCUT2D eigenvalue weighted by molar-refractivity contribution is 9.10. The lowest BCUT2D eigenvalue weighted by molar-refractivity contribution is -0.143. The van der Waals surface area contributed by atoms with Crippen LogP contribution in [0.15, 0.2) is 46.9 Å². The van der Waals surface area contributed by atoms with Crippen molar-refractivity contribution in [2.75, 3.05) is 13.2 Å². The third kappa shape index (κ3) is 7.86. The zero-order chi connectivity index (χ0) is 25.5. The van der Waals surface area contributed by atoms with E-state index in [2.05, 4.69) is 42.0 Å². The van der Waals surface area contributed by atoms with Crippen molar-refractivity contribution in [1.29, 1.82) is 0 Å². The molecule has 0 saturated carbocycles. The Hall–Kier alpha value is -2.34. The topological polar surface area (TPSA) is 58.6 Å². The second-order valence-electron chi connectivity index (χ2n) is 10.2. The number of benzene rings is 2. The second kappa shape index (κ2) is 12.4. The highest BCUT2D eigenvalue weighted by Gasteiger charge is 2.29. The largest absolute Gasteiger partial charge is 0.483 e. The fraction of sp³-hybridized carbons (Fsp3) is 0.500. The maximum Gasteiger partial charge on any atom is 0.261 e. The van der Waals surface area contributed by atoms with Gasteiger partial charge in [0.05, 0.1) is 4.47 Å². The van der Waals surface area contributed by atoms with E-state index < -0.39 is 6.04 Å². The molecular weight excluding hydrogens is 492 g/mol. The summed E-state index contributed by atoms with van der Waals surface area (Å²) < 4.78 is 6.72. The average molecular weight is 532 g/mol. The van der Waals surface area contributed by atoms with E-state index >= 15 is 0 Å². The molecule has 0 bridgehead atoms. The number of hydrogen-bond acceptors (Lipinski definition) is 3. The Kier molecular flexibility index (Phi) is 10.2. The molecule has 1 N–H and O–H groups in total. The van der Waals surface area contributed by atoms with Gasteiger partial charge in [0.15, 0.2) is 6.61 Å². The van der Waals surface area contributed by atoms with Gasteiger partial charge in [-0.05, 0) is 69.4 Å². The lowest BCUT2D eigenvalue weighted by Gasteiger charge is -2.31. The third-order valence-electron chi connectivity index (χ3n) is 5.82. The van der Waals surface area contributed by atoms with Crippen molar-refractivity contribution >= 4 is 27.7 Å². The molecule has 0 fully saturated rings. The molecule has 0 aromatic heterocycles. The molecule has 34 heavy (non-hydrogen) atoms. The predicted molar refractivity (Wildman–Crippen MR) is 142 cm³/mol. The number of halogens is 1. The van der Waals surface area contributed by atoms with Crippen LogP contribution in [0.1, 0.15) is 64.7 Å². The molecule has 5 nitrogen and oxygen atoms in total. The molecule has 0 radical (unpaired) electrons. The minimum absolute atomic E-state index is 0.0128. The molecule has 0 saturated heterocycles. The minimum Gasteiger partial charge on any atom is -0.483 e. The molecule has 2 rings (SSSR count). The van der Waals surface area contributed by atoms with E-state index in [1.54, 1.807) is 4.90 Å². The van der Waals surface area contributed by atoms with Crippen molar-refractivity contribution in [3.05, 3.63) is 63.6 Å². The summed E-state index contributed by atoms with van der Waals surface area (Å²) in [5.41, 5.74) is 3.28. The van der Waals surface area contributed by atoms with E-state index in [9.17, 15) is 9.59 Å². The van der Waals surface area contributed by atoms with Crippen molar-refractivity contribution in [3.8, 4) is 5.75 Å².